The van der Waals surface area contributed by atoms with E-state index in [1.807, 2.05) is 0 Å². The highest BCUT2D eigenvalue weighted by Crippen LogP contribution is 2.38. The number of amides is 1. The first-order valence-corrected chi connectivity index (χ1v) is 11.1. The van der Waals surface area contributed by atoms with Crippen molar-refractivity contribution >= 4 is 17.5 Å². The molecule has 1 heterocycles. The van der Waals surface area contributed by atoms with Gasteiger partial charge in [0.05, 0.1) is 0 Å². The Kier molecular flexibility index (Phi) is 7.27. The topological polar surface area (TPSA) is 25.2 Å². The van der Waals surface area contributed by atoms with Crippen molar-refractivity contribution in [2.75, 3.05) is 13.6 Å². The average molecular weight is 477 g/mol. The van der Waals surface area contributed by atoms with E-state index in [0.29, 0.717) is 22.7 Å². The van der Waals surface area contributed by atoms with Crippen LogP contribution in [0.5, 0.6) is 0 Å². The highest BCUT2D eigenvalue weighted by atomic mass is 35.5. The maximum absolute atomic E-state index is 14.1. The molecule has 0 aliphatic heterocycles. The molecule has 0 radical (unpaired) electrons. The molecule has 0 saturated heterocycles. The van der Waals surface area contributed by atoms with E-state index in [1.54, 1.807) is 61.6 Å². The summed E-state index contributed by atoms with van der Waals surface area (Å²) in [5, 5.41) is 0.466. The maximum Gasteiger partial charge on any atom is 0.431 e. The van der Waals surface area contributed by atoms with Gasteiger partial charge < -0.3 is 9.47 Å². The van der Waals surface area contributed by atoms with E-state index < -0.39 is 17.8 Å². The van der Waals surface area contributed by atoms with Gasteiger partial charge in [-0.25, -0.2) is 0 Å². The summed E-state index contributed by atoms with van der Waals surface area (Å²) in [6, 6.07) is 16.4. The summed E-state index contributed by atoms with van der Waals surface area (Å²) in [4.78, 5) is 15.1. The number of halogens is 4. The fourth-order valence-electron chi connectivity index (χ4n) is 3.58. The van der Waals surface area contributed by atoms with Gasteiger partial charge in [-0.15, -0.1) is 0 Å². The molecule has 33 heavy (non-hydrogen) atoms. The molecule has 3 aromatic rings. The first kappa shape index (κ1) is 24.9. The summed E-state index contributed by atoms with van der Waals surface area (Å²) >= 11 is 5.99. The monoisotopic (exact) mass is 476 g/mol. The highest BCUT2D eigenvalue weighted by Gasteiger charge is 2.38. The van der Waals surface area contributed by atoms with Crippen LogP contribution in [0.25, 0.3) is 11.1 Å². The zero-order valence-corrected chi connectivity index (χ0v) is 20.0. The van der Waals surface area contributed by atoms with Crippen molar-refractivity contribution in [3.8, 4) is 11.1 Å². The van der Waals surface area contributed by atoms with Crippen molar-refractivity contribution in [1.29, 1.82) is 0 Å². The number of aromatic nitrogens is 1. The SMILES string of the molecule is CN(CCC(C)(C)C)C(=O)c1c(-c2ccc(Cl)cc2)cc(C(F)(F)F)n1Cc1ccccc1. The van der Waals surface area contributed by atoms with Crippen LogP contribution in [0.1, 0.15) is 48.9 Å². The van der Waals surface area contributed by atoms with Crippen LogP contribution < -0.4 is 0 Å². The number of rotatable bonds is 6. The number of hydrogen-bond donors (Lipinski definition) is 0. The summed E-state index contributed by atoms with van der Waals surface area (Å²) in [6.45, 7) is 6.54. The lowest BCUT2D eigenvalue weighted by molar-refractivity contribution is -0.143. The van der Waals surface area contributed by atoms with E-state index in [4.69, 9.17) is 11.6 Å². The molecular formula is C26H28ClF3N2O. The molecule has 0 spiro atoms. The number of benzene rings is 2. The molecule has 0 N–H and O–H groups in total. The number of hydrogen-bond acceptors (Lipinski definition) is 1. The third-order valence-corrected chi connectivity index (χ3v) is 5.72. The molecule has 1 amide bonds. The van der Waals surface area contributed by atoms with E-state index in [2.05, 4.69) is 20.8 Å². The molecule has 3 rings (SSSR count). The second kappa shape index (κ2) is 9.64. The smallest absolute Gasteiger partial charge is 0.340 e. The number of carbonyl (C=O) groups excluding carboxylic acids is 1. The minimum absolute atomic E-state index is 0.0172. The fourth-order valence-corrected chi connectivity index (χ4v) is 3.71. The normalized spacial score (nSPS) is 12.1. The van der Waals surface area contributed by atoms with Crippen LogP contribution in [0.2, 0.25) is 5.02 Å². The lowest BCUT2D eigenvalue weighted by Crippen LogP contribution is -2.32. The molecule has 0 aliphatic carbocycles. The van der Waals surface area contributed by atoms with E-state index in [0.717, 1.165) is 17.1 Å². The third kappa shape index (κ3) is 6.20. The predicted octanol–water partition coefficient (Wildman–Crippen LogP) is 7.38. The molecule has 0 atom stereocenters. The van der Waals surface area contributed by atoms with Gasteiger partial charge in [0.25, 0.3) is 5.91 Å². The molecule has 3 nitrogen and oxygen atoms in total. The van der Waals surface area contributed by atoms with Crippen molar-refractivity contribution < 1.29 is 18.0 Å². The van der Waals surface area contributed by atoms with E-state index >= 15 is 0 Å². The molecule has 7 heteroatoms. The van der Waals surface area contributed by atoms with Gasteiger partial charge in [-0.05, 0) is 41.2 Å². The Hall–Kier alpha value is -2.73. The molecule has 0 unspecified atom stereocenters. The van der Waals surface area contributed by atoms with Crippen LogP contribution in [0.3, 0.4) is 0 Å². The Labute approximate surface area is 197 Å². The first-order valence-electron chi connectivity index (χ1n) is 10.7. The Balaban J connectivity index is 2.18. The van der Waals surface area contributed by atoms with Gasteiger partial charge in [-0.3, -0.25) is 4.79 Å². The Morgan fingerprint density at radius 1 is 1.00 bits per heavy atom. The van der Waals surface area contributed by atoms with Crippen molar-refractivity contribution in [2.24, 2.45) is 5.41 Å². The van der Waals surface area contributed by atoms with Crippen LogP contribution in [-0.4, -0.2) is 29.0 Å². The minimum atomic E-state index is -4.63. The minimum Gasteiger partial charge on any atom is -0.340 e. The second-order valence-electron chi connectivity index (χ2n) is 9.41. The van der Waals surface area contributed by atoms with Gasteiger partial charge in [-0.1, -0.05) is 74.8 Å². The van der Waals surface area contributed by atoms with Gasteiger partial charge in [0.1, 0.15) is 11.4 Å². The van der Waals surface area contributed by atoms with Crippen molar-refractivity contribution in [3.05, 3.63) is 82.6 Å². The molecule has 0 aliphatic rings. The molecule has 176 valence electrons. The molecular weight excluding hydrogens is 449 g/mol. The predicted molar refractivity (Wildman–Crippen MR) is 126 cm³/mol. The molecule has 0 bridgehead atoms. The average Bonchev–Trinajstić information content (AvgIpc) is 3.11. The Bertz CT molecular complexity index is 1100. The van der Waals surface area contributed by atoms with Crippen molar-refractivity contribution in [3.63, 3.8) is 0 Å². The van der Waals surface area contributed by atoms with E-state index in [9.17, 15) is 18.0 Å². The lowest BCUT2D eigenvalue weighted by Gasteiger charge is -2.25. The first-order chi connectivity index (χ1) is 15.4. The van der Waals surface area contributed by atoms with Gasteiger partial charge in [-0.2, -0.15) is 13.2 Å². The molecule has 0 saturated carbocycles. The van der Waals surface area contributed by atoms with Crippen LogP contribution >= 0.6 is 11.6 Å². The molecule has 2 aromatic carbocycles. The van der Waals surface area contributed by atoms with Crippen LogP contribution in [-0.2, 0) is 12.7 Å². The summed E-state index contributed by atoms with van der Waals surface area (Å²) in [6.07, 6.45) is -3.91. The van der Waals surface area contributed by atoms with Crippen LogP contribution in [0.15, 0.2) is 60.7 Å². The quantitative estimate of drug-likeness (QED) is 0.364. The Morgan fingerprint density at radius 3 is 2.15 bits per heavy atom. The zero-order chi connectivity index (χ0) is 24.4. The zero-order valence-electron chi connectivity index (χ0n) is 19.2. The second-order valence-corrected chi connectivity index (χ2v) is 9.84. The summed E-state index contributed by atoms with van der Waals surface area (Å²) in [5.41, 5.74) is 0.560. The van der Waals surface area contributed by atoms with Gasteiger partial charge >= 0.3 is 6.18 Å². The van der Waals surface area contributed by atoms with Crippen molar-refractivity contribution in [1.82, 2.24) is 9.47 Å². The fraction of sp³-hybridized carbons (Fsp3) is 0.346. The maximum atomic E-state index is 14.1. The number of nitrogens with zero attached hydrogens (tertiary/aromatic N) is 2. The highest BCUT2D eigenvalue weighted by molar-refractivity contribution is 6.30. The van der Waals surface area contributed by atoms with Gasteiger partial charge in [0.15, 0.2) is 0 Å². The van der Waals surface area contributed by atoms with Gasteiger partial charge in [0, 0.05) is 30.7 Å². The number of alkyl halides is 3. The van der Waals surface area contributed by atoms with Gasteiger partial charge in [0.2, 0.25) is 0 Å². The standard InChI is InChI=1S/C26H28ClF3N2O/c1-25(2,3)14-15-31(4)24(33)23-21(19-10-12-20(27)13-11-19)16-22(26(28,29)30)32(23)17-18-8-6-5-7-9-18/h5-13,16H,14-15,17H2,1-4H3. The summed E-state index contributed by atoms with van der Waals surface area (Å²) in [5.74, 6) is -0.448. The largest absolute Gasteiger partial charge is 0.431 e. The van der Waals surface area contributed by atoms with Crippen LogP contribution in [0.4, 0.5) is 13.2 Å². The number of carbonyl (C=O) groups is 1. The van der Waals surface area contributed by atoms with Crippen LogP contribution in [0, 0.1) is 5.41 Å². The third-order valence-electron chi connectivity index (χ3n) is 5.47. The van der Waals surface area contributed by atoms with E-state index in [1.165, 1.54) is 4.90 Å². The lowest BCUT2D eigenvalue weighted by atomic mass is 9.92. The Morgan fingerprint density at radius 2 is 1.61 bits per heavy atom. The summed E-state index contributed by atoms with van der Waals surface area (Å²) < 4.78 is 43.5. The molecule has 0 fully saturated rings. The van der Waals surface area contributed by atoms with E-state index in [-0.39, 0.29) is 23.2 Å². The van der Waals surface area contributed by atoms with Crippen molar-refractivity contribution in [2.45, 2.75) is 39.9 Å². The molecule has 1 aromatic heterocycles. The summed E-state index contributed by atoms with van der Waals surface area (Å²) in [7, 11) is 1.63.